The first kappa shape index (κ1) is 14.5. The maximum absolute atomic E-state index is 13.0. The van der Waals surface area contributed by atoms with E-state index in [2.05, 4.69) is 10.3 Å². The van der Waals surface area contributed by atoms with Gasteiger partial charge in [-0.2, -0.15) is 0 Å². The number of benzene rings is 1. The molecule has 1 amide bonds. The minimum Gasteiger partial charge on any atom is -0.352 e. The molecule has 0 saturated heterocycles. The summed E-state index contributed by atoms with van der Waals surface area (Å²) in [4.78, 5) is 15.8. The molecule has 5 heteroatoms. The molecule has 0 spiro atoms. The molecule has 104 valence electrons. The molecule has 1 N–H and O–H groups in total. The summed E-state index contributed by atoms with van der Waals surface area (Å²) in [5, 5.41) is 2.96. The fourth-order valence-corrected chi connectivity index (χ4v) is 2.11. The van der Waals surface area contributed by atoms with E-state index in [1.54, 1.807) is 18.2 Å². The van der Waals surface area contributed by atoms with Gasteiger partial charge in [0.15, 0.2) is 0 Å². The molecule has 0 radical (unpaired) electrons. The van der Waals surface area contributed by atoms with Crippen LogP contribution in [0.2, 0.25) is 5.15 Å². The number of carbonyl (C=O) groups excluding carboxylic acids is 1. The highest BCUT2D eigenvalue weighted by molar-refractivity contribution is 6.32. The number of nitrogens with zero attached hydrogens (tertiary/aromatic N) is 1. The molecule has 0 fully saturated rings. The molecule has 0 bridgehead atoms. The second-order valence-electron chi connectivity index (χ2n) is 4.42. The third-order valence-electron chi connectivity index (χ3n) is 2.99. The minimum atomic E-state index is -0.261. The van der Waals surface area contributed by atoms with Crippen molar-refractivity contribution in [1.82, 2.24) is 10.3 Å². The summed E-state index contributed by atoms with van der Waals surface area (Å²) in [5.41, 5.74) is 2.23. The van der Waals surface area contributed by atoms with Gasteiger partial charge in [-0.05, 0) is 48.7 Å². The van der Waals surface area contributed by atoms with E-state index in [9.17, 15) is 9.18 Å². The Morgan fingerprint density at radius 2 is 2.20 bits per heavy atom. The molecular weight excluding hydrogens is 279 g/mol. The summed E-state index contributed by atoms with van der Waals surface area (Å²) >= 11 is 5.84. The molecule has 2 aromatic rings. The van der Waals surface area contributed by atoms with Crippen molar-refractivity contribution < 1.29 is 9.18 Å². The van der Waals surface area contributed by atoms with Crippen molar-refractivity contribution in [1.29, 1.82) is 0 Å². The van der Waals surface area contributed by atoms with Crippen molar-refractivity contribution in [3.63, 3.8) is 0 Å². The van der Waals surface area contributed by atoms with Crippen molar-refractivity contribution in [2.45, 2.75) is 13.3 Å². The molecule has 0 unspecified atom stereocenters. The van der Waals surface area contributed by atoms with Crippen LogP contribution in [-0.4, -0.2) is 17.4 Å². The summed E-state index contributed by atoms with van der Waals surface area (Å²) in [6, 6.07) is 7.91. The third-order valence-corrected chi connectivity index (χ3v) is 3.29. The van der Waals surface area contributed by atoms with Crippen molar-refractivity contribution >= 4 is 17.5 Å². The number of nitrogens with one attached hydrogen (secondary N) is 1. The predicted octanol–water partition coefficient (Wildman–Crippen LogP) is 3.16. The van der Waals surface area contributed by atoms with Crippen molar-refractivity contribution in [3.8, 4) is 0 Å². The van der Waals surface area contributed by atoms with Crippen LogP contribution in [0.5, 0.6) is 0 Å². The summed E-state index contributed by atoms with van der Waals surface area (Å²) in [6.07, 6.45) is 2.16. The smallest absolute Gasteiger partial charge is 0.254 e. The number of halogens is 2. The number of hydrogen-bond donors (Lipinski definition) is 1. The Hall–Kier alpha value is -1.94. The van der Waals surface area contributed by atoms with Crippen LogP contribution in [-0.2, 0) is 6.42 Å². The second kappa shape index (κ2) is 6.48. The van der Waals surface area contributed by atoms with Crippen LogP contribution in [0.4, 0.5) is 4.39 Å². The van der Waals surface area contributed by atoms with Crippen molar-refractivity contribution in [3.05, 3.63) is 64.2 Å². The van der Waals surface area contributed by atoms with Gasteiger partial charge in [-0.1, -0.05) is 17.7 Å². The van der Waals surface area contributed by atoms with E-state index in [0.717, 1.165) is 11.1 Å². The molecular formula is C15H14ClFN2O. The topological polar surface area (TPSA) is 42.0 Å². The van der Waals surface area contributed by atoms with E-state index >= 15 is 0 Å². The van der Waals surface area contributed by atoms with Crippen LogP contribution >= 0.6 is 11.6 Å². The van der Waals surface area contributed by atoms with Gasteiger partial charge in [-0.15, -0.1) is 0 Å². The van der Waals surface area contributed by atoms with E-state index in [1.807, 2.05) is 6.92 Å². The van der Waals surface area contributed by atoms with Crippen LogP contribution in [0.15, 0.2) is 36.5 Å². The molecule has 3 nitrogen and oxygen atoms in total. The van der Waals surface area contributed by atoms with Gasteiger partial charge in [-0.25, -0.2) is 9.37 Å². The highest BCUT2D eigenvalue weighted by Crippen LogP contribution is 2.12. The second-order valence-corrected chi connectivity index (χ2v) is 4.78. The Balaban J connectivity index is 1.93. The summed E-state index contributed by atoms with van der Waals surface area (Å²) < 4.78 is 13.0. The van der Waals surface area contributed by atoms with Gasteiger partial charge in [-0.3, -0.25) is 4.79 Å². The minimum absolute atomic E-state index is 0.183. The largest absolute Gasteiger partial charge is 0.352 e. The Kier molecular flexibility index (Phi) is 4.69. The van der Waals surface area contributed by atoms with Crippen LogP contribution in [0, 0.1) is 12.7 Å². The number of aryl methyl sites for hydroxylation is 1. The van der Waals surface area contributed by atoms with Crippen molar-refractivity contribution in [2.75, 3.05) is 6.54 Å². The van der Waals surface area contributed by atoms with Gasteiger partial charge in [0, 0.05) is 12.7 Å². The molecule has 1 aromatic carbocycles. The molecule has 20 heavy (non-hydrogen) atoms. The quantitative estimate of drug-likeness (QED) is 0.880. The first-order valence-electron chi connectivity index (χ1n) is 6.21. The maximum Gasteiger partial charge on any atom is 0.254 e. The standard InChI is InChI=1S/C15H14ClFN2O/c1-10-9-12(17)5-4-11(10)6-8-19-15(20)13-3-2-7-18-14(13)16/h2-5,7,9H,6,8H2,1H3,(H,19,20). The molecule has 0 aliphatic rings. The molecule has 0 aliphatic carbocycles. The van der Waals surface area contributed by atoms with Crippen LogP contribution in [0.3, 0.4) is 0 Å². The lowest BCUT2D eigenvalue weighted by molar-refractivity contribution is 0.0954. The molecule has 0 atom stereocenters. The number of hydrogen-bond acceptors (Lipinski definition) is 2. The zero-order valence-corrected chi connectivity index (χ0v) is 11.7. The first-order chi connectivity index (χ1) is 9.58. The van der Waals surface area contributed by atoms with Gasteiger partial charge >= 0.3 is 0 Å². The lowest BCUT2D eigenvalue weighted by Gasteiger charge is -2.08. The van der Waals surface area contributed by atoms with Crippen LogP contribution in [0.25, 0.3) is 0 Å². The maximum atomic E-state index is 13.0. The average molecular weight is 293 g/mol. The van der Waals surface area contributed by atoms with Crippen molar-refractivity contribution in [2.24, 2.45) is 0 Å². The van der Waals surface area contributed by atoms with E-state index < -0.39 is 0 Å². The van der Waals surface area contributed by atoms with Gasteiger partial charge in [0.05, 0.1) is 5.56 Å². The van der Waals surface area contributed by atoms with E-state index in [0.29, 0.717) is 18.5 Å². The highest BCUT2D eigenvalue weighted by atomic mass is 35.5. The first-order valence-corrected chi connectivity index (χ1v) is 6.59. The highest BCUT2D eigenvalue weighted by Gasteiger charge is 2.10. The third kappa shape index (κ3) is 3.54. The summed E-state index contributed by atoms with van der Waals surface area (Å²) in [5.74, 6) is -0.514. The fraction of sp³-hybridized carbons (Fsp3) is 0.200. The predicted molar refractivity (Wildman–Crippen MR) is 76.4 cm³/mol. The molecule has 0 aliphatic heterocycles. The lowest BCUT2D eigenvalue weighted by Crippen LogP contribution is -2.26. The Morgan fingerprint density at radius 3 is 2.90 bits per heavy atom. The number of pyridine rings is 1. The Morgan fingerprint density at radius 1 is 1.40 bits per heavy atom. The van der Waals surface area contributed by atoms with Gasteiger partial charge < -0.3 is 5.32 Å². The fourth-order valence-electron chi connectivity index (χ4n) is 1.90. The zero-order valence-electron chi connectivity index (χ0n) is 11.0. The Bertz CT molecular complexity index is 631. The molecule has 0 saturated carbocycles. The lowest BCUT2D eigenvalue weighted by atomic mass is 10.1. The summed E-state index contributed by atoms with van der Waals surface area (Å²) in [7, 11) is 0. The molecule has 1 aromatic heterocycles. The van der Waals surface area contributed by atoms with E-state index in [1.165, 1.54) is 18.3 Å². The van der Waals surface area contributed by atoms with Gasteiger partial charge in [0.1, 0.15) is 11.0 Å². The van der Waals surface area contributed by atoms with E-state index in [4.69, 9.17) is 11.6 Å². The molecule has 2 rings (SSSR count). The SMILES string of the molecule is Cc1cc(F)ccc1CCNC(=O)c1cccnc1Cl. The molecule has 1 heterocycles. The van der Waals surface area contributed by atoms with Gasteiger partial charge in [0.2, 0.25) is 0 Å². The number of amides is 1. The number of carbonyl (C=O) groups is 1. The average Bonchev–Trinajstić information content (AvgIpc) is 2.41. The number of aromatic nitrogens is 1. The van der Waals surface area contributed by atoms with Crippen LogP contribution < -0.4 is 5.32 Å². The Labute approximate surface area is 121 Å². The zero-order chi connectivity index (χ0) is 14.5. The number of rotatable bonds is 4. The van der Waals surface area contributed by atoms with Crippen LogP contribution in [0.1, 0.15) is 21.5 Å². The monoisotopic (exact) mass is 292 g/mol. The van der Waals surface area contributed by atoms with E-state index in [-0.39, 0.29) is 16.9 Å². The summed E-state index contributed by atoms with van der Waals surface area (Å²) in [6.45, 7) is 2.30. The normalized spacial score (nSPS) is 10.3. The van der Waals surface area contributed by atoms with Gasteiger partial charge in [0.25, 0.3) is 5.91 Å².